The molecule has 0 aliphatic heterocycles. The van der Waals surface area contributed by atoms with Gasteiger partial charge in [-0.05, 0) is 23.8 Å². The van der Waals surface area contributed by atoms with Gasteiger partial charge in [0.15, 0.2) is 5.76 Å². The Morgan fingerprint density at radius 3 is 2.58 bits per heavy atom. The lowest BCUT2D eigenvalue weighted by atomic mass is 10.1. The Bertz CT molecular complexity index is 686. The third kappa shape index (κ3) is 2.61. The van der Waals surface area contributed by atoms with Crippen LogP contribution in [-0.2, 0) is 0 Å². The summed E-state index contributed by atoms with van der Waals surface area (Å²) in [7, 11) is 0. The minimum absolute atomic E-state index is 0.0156. The standard InChI is InChI=1S/C12H6ClN3O3/c13-12(10-1-2-11(19-10)16(17)18)9(7-14)8-3-5-15-6-4-8/h1-6H/b12-9+. The molecule has 7 heteroatoms. The summed E-state index contributed by atoms with van der Waals surface area (Å²) in [6.07, 6.45) is 3.03. The highest BCUT2D eigenvalue weighted by molar-refractivity contribution is 6.53. The zero-order valence-corrected chi connectivity index (χ0v) is 10.2. The predicted octanol–water partition coefficient (Wildman–Crippen LogP) is 3.21. The first-order valence-electron chi connectivity index (χ1n) is 5.08. The molecule has 0 aliphatic carbocycles. The topological polar surface area (TPSA) is 93.0 Å². The lowest BCUT2D eigenvalue weighted by Crippen LogP contribution is -1.86. The van der Waals surface area contributed by atoms with E-state index in [-0.39, 0.29) is 16.4 Å². The zero-order valence-electron chi connectivity index (χ0n) is 9.41. The molecule has 0 N–H and O–H groups in total. The lowest BCUT2D eigenvalue weighted by Gasteiger charge is -2.00. The van der Waals surface area contributed by atoms with Crippen LogP contribution in [0.5, 0.6) is 0 Å². The van der Waals surface area contributed by atoms with E-state index in [4.69, 9.17) is 21.3 Å². The Morgan fingerprint density at radius 2 is 2.05 bits per heavy atom. The summed E-state index contributed by atoms with van der Waals surface area (Å²) in [4.78, 5) is 13.7. The number of furan rings is 1. The van der Waals surface area contributed by atoms with Crippen LogP contribution < -0.4 is 0 Å². The van der Waals surface area contributed by atoms with Crippen molar-refractivity contribution in [1.82, 2.24) is 4.98 Å². The van der Waals surface area contributed by atoms with Crippen LogP contribution in [0.2, 0.25) is 0 Å². The Labute approximate surface area is 112 Å². The third-order valence-corrected chi connectivity index (χ3v) is 2.66. The number of pyridine rings is 1. The maximum absolute atomic E-state index is 10.5. The maximum Gasteiger partial charge on any atom is 0.433 e. The van der Waals surface area contributed by atoms with Crippen LogP contribution in [0, 0.1) is 21.4 Å². The summed E-state index contributed by atoms with van der Waals surface area (Å²) >= 11 is 6.05. The van der Waals surface area contributed by atoms with Crippen LogP contribution in [0.1, 0.15) is 11.3 Å². The molecule has 0 saturated carbocycles. The van der Waals surface area contributed by atoms with Gasteiger partial charge in [-0.3, -0.25) is 15.1 Å². The first kappa shape index (κ1) is 12.8. The van der Waals surface area contributed by atoms with E-state index in [0.29, 0.717) is 5.56 Å². The number of allylic oxidation sites excluding steroid dienone is 1. The van der Waals surface area contributed by atoms with Crippen molar-refractivity contribution < 1.29 is 9.34 Å². The highest BCUT2D eigenvalue weighted by Gasteiger charge is 2.17. The predicted molar refractivity (Wildman–Crippen MR) is 67.9 cm³/mol. The molecular weight excluding hydrogens is 270 g/mol. The summed E-state index contributed by atoms with van der Waals surface area (Å²) in [6, 6.07) is 7.69. The molecule has 0 fully saturated rings. The fourth-order valence-corrected chi connectivity index (χ4v) is 1.68. The van der Waals surface area contributed by atoms with Crippen molar-refractivity contribution in [3.63, 3.8) is 0 Å². The molecule has 0 bridgehead atoms. The number of halogens is 1. The average molecular weight is 276 g/mol. The van der Waals surface area contributed by atoms with E-state index in [1.165, 1.54) is 24.5 Å². The van der Waals surface area contributed by atoms with Crippen molar-refractivity contribution in [2.45, 2.75) is 0 Å². The molecule has 0 aliphatic rings. The lowest BCUT2D eigenvalue weighted by molar-refractivity contribution is -0.402. The van der Waals surface area contributed by atoms with Crippen LogP contribution in [0.3, 0.4) is 0 Å². The van der Waals surface area contributed by atoms with Crippen molar-refractivity contribution >= 4 is 28.1 Å². The summed E-state index contributed by atoms with van der Waals surface area (Å²) in [5.41, 5.74) is 0.717. The average Bonchev–Trinajstić information content (AvgIpc) is 2.90. The largest absolute Gasteiger partial charge is 0.433 e. The molecule has 19 heavy (non-hydrogen) atoms. The Hall–Kier alpha value is -2.65. The monoisotopic (exact) mass is 275 g/mol. The Morgan fingerprint density at radius 1 is 1.37 bits per heavy atom. The van der Waals surface area contributed by atoms with Crippen LogP contribution in [0.4, 0.5) is 5.88 Å². The number of rotatable bonds is 3. The third-order valence-electron chi connectivity index (χ3n) is 2.29. The highest BCUT2D eigenvalue weighted by Crippen LogP contribution is 2.31. The summed E-state index contributed by atoms with van der Waals surface area (Å²) < 4.78 is 4.96. The first-order valence-corrected chi connectivity index (χ1v) is 5.46. The molecule has 2 aromatic heterocycles. The Balaban J connectivity index is 2.49. The van der Waals surface area contributed by atoms with Gasteiger partial charge in [0.1, 0.15) is 16.0 Å². The van der Waals surface area contributed by atoms with Crippen molar-refractivity contribution in [3.05, 3.63) is 58.1 Å². The first-order chi connectivity index (χ1) is 9.13. The molecule has 6 nitrogen and oxygen atoms in total. The van der Waals surface area contributed by atoms with E-state index in [1.807, 2.05) is 6.07 Å². The fraction of sp³-hybridized carbons (Fsp3) is 0. The van der Waals surface area contributed by atoms with Gasteiger partial charge in [-0.1, -0.05) is 11.6 Å². The number of hydrogen-bond acceptors (Lipinski definition) is 5. The van der Waals surface area contributed by atoms with Crippen molar-refractivity contribution in [2.24, 2.45) is 0 Å². The second-order valence-electron chi connectivity index (χ2n) is 3.43. The Kier molecular flexibility index (Phi) is 3.59. The molecule has 2 aromatic rings. The quantitative estimate of drug-likeness (QED) is 0.487. The van der Waals surface area contributed by atoms with Gasteiger partial charge >= 0.3 is 5.88 Å². The number of nitriles is 1. The van der Waals surface area contributed by atoms with Crippen LogP contribution >= 0.6 is 11.6 Å². The minimum atomic E-state index is -0.674. The van der Waals surface area contributed by atoms with Crippen LogP contribution in [0.25, 0.3) is 10.6 Å². The van der Waals surface area contributed by atoms with Gasteiger partial charge in [-0.15, -0.1) is 0 Å². The molecule has 0 spiro atoms. The molecule has 0 radical (unpaired) electrons. The van der Waals surface area contributed by atoms with Gasteiger partial charge in [0.25, 0.3) is 0 Å². The second kappa shape index (κ2) is 5.33. The van der Waals surface area contributed by atoms with E-state index in [1.54, 1.807) is 12.1 Å². The smallest absolute Gasteiger partial charge is 0.400 e. The molecule has 0 unspecified atom stereocenters. The molecule has 94 valence electrons. The molecule has 0 aromatic carbocycles. The highest BCUT2D eigenvalue weighted by atomic mass is 35.5. The van der Waals surface area contributed by atoms with Gasteiger partial charge in [-0.2, -0.15) is 5.26 Å². The van der Waals surface area contributed by atoms with Crippen LogP contribution in [-0.4, -0.2) is 9.91 Å². The summed E-state index contributed by atoms with van der Waals surface area (Å²) in [6.45, 7) is 0. The van der Waals surface area contributed by atoms with E-state index < -0.39 is 10.8 Å². The van der Waals surface area contributed by atoms with Crippen molar-refractivity contribution in [2.75, 3.05) is 0 Å². The van der Waals surface area contributed by atoms with Gasteiger partial charge in [0.05, 0.1) is 11.6 Å². The zero-order chi connectivity index (χ0) is 13.8. The number of nitrogens with zero attached hydrogens (tertiary/aromatic N) is 3. The molecular formula is C12H6ClN3O3. The van der Waals surface area contributed by atoms with Gasteiger partial charge < -0.3 is 4.42 Å². The summed E-state index contributed by atoms with van der Waals surface area (Å²) in [5.74, 6) is -0.359. The number of aromatic nitrogens is 1. The molecule has 0 atom stereocenters. The van der Waals surface area contributed by atoms with E-state index in [0.717, 1.165) is 0 Å². The minimum Gasteiger partial charge on any atom is -0.400 e. The number of hydrogen-bond donors (Lipinski definition) is 0. The molecule has 2 heterocycles. The number of nitro groups is 1. The van der Waals surface area contributed by atoms with Gasteiger partial charge in [0.2, 0.25) is 0 Å². The van der Waals surface area contributed by atoms with Gasteiger partial charge in [-0.25, -0.2) is 0 Å². The molecule has 0 saturated heterocycles. The molecule has 0 amide bonds. The normalized spacial score (nSPS) is 11.6. The van der Waals surface area contributed by atoms with Crippen molar-refractivity contribution in [3.8, 4) is 6.07 Å². The van der Waals surface area contributed by atoms with Gasteiger partial charge in [0, 0.05) is 12.4 Å². The van der Waals surface area contributed by atoms with Crippen LogP contribution in [0.15, 0.2) is 41.1 Å². The fourth-order valence-electron chi connectivity index (χ4n) is 1.43. The van der Waals surface area contributed by atoms with Crippen molar-refractivity contribution in [1.29, 1.82) is 5.26 Å². The van der Waals surface area contributed by atoms with E-state index in [9.17, 15) is 10.1 Å². The second-order valence-corrected chi connectivity index (χ2v) is 3.81. The molecule has 2 rings (SSSR count). The van der Waals surface area contributed by atoms with E-state index >= 15 is 0 Å². The van der Waals surface area contributed by atoms with E-state index in [2.05, 4.69) is 4.98 Å². The SMILES string of the molecule is N#C/C(=C(\Cl)c1ccc([N+](=O)[O-])o1)c1ccncc1. The summed E-state index contributed by atoms with van der Waals surface area (Å²) in [5, 5.41) is 19.7. The maximum atomic E-state index is 10.5.